The molecular formula is C13H19N5OS. The summed E-state index contributed by atoms with van der Waals surface area (Å²) in [5, 5.41) is 12.2. The van der Waals surface area contributed by atoms with Crippen LogP contribution in [0, 0.1) is 0 Å². The Bertz CT molecular complexity index is 583. The molecule has 0 radical (unpaired) electrons. The topological polar surface area (TPSA) is 85.3 Å². The van der Waals surface area contributed by atoms with Gasteiger partial charge in [0.05, 0.1) is 6.04 Å². The summed E-state index contributed by atoms with van der Waals surface area (Å²) in [7, 11) is 0. The van der Waals surface area contributed by atoms with Crippen LogP contribution in [0.2, 0.25) is 0 Å². The third kappa shape index (κ3) is 3.71. The van der Waals surface area contributed by atoms with Gasteiger partial charge < -0.3 is 11.1 Å². The van der Waals surface area contributed by atoms with Gasteiger partial charge in [-0.1, -0.05) is 31.7 Å². The number of rotatable bonds is 7. The second kappa shape index (κ2) is 6.71. The molecule has 0 saturated carbocycles. The number of aromatic nitrogens is 3. The molecule has 1 unspecified atom stereocenters. The number of hydrogen-bond acceptors (Lipinski definition) is 5. The number of fused-ring (bicyclic) bond motifs is 1. The van der Waals surface area contributed by atoms with Gasteiger partial charge in [0.25, 0.3) is 0 Å². The van der Waals surface area contributed by atoms with Crippen LogP contribution in [0.5, 0.6) is 0 Å². The van der Waals surface area contributed by atoms with Crippen LogP contribution in [0.25, 0.3) is 5.65 Å². The quantitative estimate of drug-likeness (QED) is 0.746. The van der Waals surface area contributed by atoms with Crippen molar-refractivity contribution < 1.29 is 4.79 Å². The van der Waals surface area contributed by atoms with E-state index in [9.17, 15) is 4.79 Å². The molecule has 2 rings (SSSR count). The van der Waals surface area contributed by atoms with Crippen molar-refractivity contribution in [3.05, 3.63) is 24.4 Å². The van der Waals surface area contributed by atoms with E-state index in [1.54, 1.807) is 11.8 Å². The van der Waals surface area contributed by atoms with E-state index >= 15 is 0 Å². The molecule has 20 heavy (non-hydrogen) atoms. The molecule has 2 aromatic heterocycles. The molecule has 0 saturated heterocycles. The summed E-state index contributed by atoms with van der Waals surface area (Å²) >= 11 is 1.57. The second-order valence-corrected chi connectivity index (χ2v) is 5.89. The van der Waals surface area contributed by atoms with Gasteiger partial charge in [-0.2, -0.15) is 0 Å². The van der Waals surface area contributed by atoms with Crippen LogP contribution in [0.3, 0.4) is 0 Å². The molecule has 2 aromatic rings. The minimum absolute atomic E-state index is 0.228. The van der Waals surface area contributed by atoms with Gasteiger partial charge >= 0.3 is 0 Å². The highest BCUT2D eigenvalue weighted by Gasteiger charge is 2.16. The third-order valence-corrected chi connectivity index (χ3v) is 3.77. The van der Waals surface area contributed by atoms with Gasteiger partial charge in [0, 0.05) is 18.0 Å². The van der Waals surface area contributed by atoms with Crippen molar-refractivity contribution >= 4 is 23.3 Å². The molecule has 7 heteroatoms. The highest BCUT2D eigenvalue weighted by molar-refractivity contribution is 7.99. The van der Waals surface area contributed by atoms with Crippen molar-refractivity contribution in [3.63, 3.8) is 0 Å². The minimum atomic E-state index is -0.314. The SMILES string of the molecule is CC(C)NC(CCSc1nnc2ccccn12)C(N)=O. The van der Waals surface area contributed by atoms with E-state index in [4.69, 9.17) is 5.73 Å². The molecule has 0 fully saturated rings. The lowest BCUT2D eigenvalue weighted by Crippen LogP contribution is -2.44. The smallest absolute Gasteiger partial charge is 0.234 e. The zero-order valence-electron chi connectivity index (χ0n) is 11.6. The van der Waals surface area contributed by atoms with E-state index in [-0.39, 0.29) is 18.0 Å². The lowest BCUT2D eigenvalue weighted by Gasteiger charge is -2.17. The first-order valence-electron chi connectivity index (χ1n) is 6.56. The molecule has 0 aliphatic carbocycles. The molecule has 0 aliphatic heterocycles. The Hall–Kier alpha value is -1.60. The number of nitrogens with one attached hydrogen (secondary N) is 1. The molecule has 108 valence electrons. The minimum Gasteiger partial charge on any atom is -0.368 e. The van der Waals surface area contributed by atoms with Crippen molar-refractivity contribution in [2.45, 2.75) is 37.5 Å². The van der Waals surface area contributed by atoms with E-state index in [1.165, 1.54) is 0 Å². The number of hydrogen-bond donors (Lipinski definition) is 2. The molecule has 1 atom stereocenters. The van der Waals surface area contributed by atoms with Crippen LogP contribution in [-0.4, -0.2) is 38.3 Å². The molecule has 0 bridgehead atoms. The first-order valence-corrected chi connectivity index (χ1v) is 7.54. The van der Waals surface area contributed by atoms with Crippen LogP contribution >= 0.6 is 11.8 Å². The lowest BCUT2D eigenvalue weighted by molar-refractivity contribution is -0.120. The number of carbonyl (C=O) groups is 1. The number of nitrogens with zero attached hydrogens (tertiary/aromatic N) is 3. The van der Waals surface area contributed by atoms with Gasteiger partial charge in [-0.25, -0.2) is 0 Å². The maximum absolute atomic E-state index is 11.4. The molecule has 1 amide bonds. The summed E-state index contributed by atoms with van der Waals surface area (Å²) in [4.78, 5) is 11.4. The van der Waals surface area contributed by atoms with Crippen molar-refractivity contribution in [2.75, 3.05) is 5.75 Å². The summed E-state index contributed by atoms with van der Waals surface area (Å²) in [6.45, 7) is 3.99. The number of carbonyl (C=O) groups excluding carboxylic acids is 1. The lowest BCUT2D eigenvalue weighted by atomic mass is 10.2. The van der Waals surface area contributed by atoms with Crippen LogP contribution in [-0.2, 0) is 4.79 Å². The Labute approximate surface area is 122 Å². The fourth-order valence-electron chi connectivity index (χ4n) is 1.90. The number of thioether (sulfide) groups is 1. The van der Waals surface area contributed by atoms with Crippen molar-refractivity contribution in [1.29, 1.82) is 0 Å². The van der Waals surface area contributed by atoms with E-state index < -0.39 is 0 Å². The van der Waals surface area contributed by atoms with Crippen molar-refractivity contribution in [2.24, 2.45) is 5.73 Å². The molecule has 0 aliphatic rings. The zero-order valence-corrected chi connectivity index (χ0v) is 12.4. The van der Waals surface area contributed by atoms with Crippen LogP contribution < -0.4 is 11.1 Å². The summed E-state index contributed by atoms with van der Waals surface area (Å²) in [6.07, 6.45) is 2.59. The highest BCUT2D eigenvalue weighted by atomic mass is 32.2. The van der Waals surface area contributed by atoms with Gasteiger partial charge in [-0.15, -0.1) is 10.2 Å². The van der Waals surface area contributed by atoms with Crippen molar-refractivity contribution in [1.82, 2.24) is 19.9 Å². The third-order valence-electron chi connectivity index (χ3n) is 2.80. The standard InChI is InChI=1S/C13H19N5OS/c1-9(2)15-10(12(14)19)6-8-20-13-17-16-11-5-3-4-7-18(11)13/h3-5,7,9-10,15H,6,8H2,1-2H3,(H2,14,19). The van der Waals surface area contributed by atoms with Crippen LogP contribution in [0.4, 0.5) is 0 Å². The Morgan fingerprint density at radius 2 is 2.25 bits per heavy atom. The number of nitrogens with two attached hydrogens (primary N) is 1. The normalized spacial score (nSPS) is 12.9. The van der Waals surface area contributed by atoms with Crippen molar-refractivity contribution in [3.8, 4) is 0 Å². The number of primary amides is 1. The average Bonchev–Trinajstić information content (AvgIpc) is 2.80. The first kappa shape index (κ1) is 14.8. The van der Waals surface area contributed by atoms with Gasteiger partial charge in [0.1, 0.15) is 0 Å². The highest BCUT2D eigenvalue weighted by Crippen LogP contribution is 2.18. The monoisotopic (exact) mass is 293 g/mol. The number of pyridine rings is 1. The summed E-state index contributed by atoms with van der Waals surface area (Å²) in [6, 6.07) is 5.69. The van der Waals surface area contributed by atoms with E-state index in [2.05, 4.69) is 15.5 Å². The van der Waals surface area contributed by atoms with E-state index in [1.807, 2.05) is 42.6 Å². The number of amides is 1. The Kier molecular flexibility index (Phi) is 4.97. The molecule has 0 spiro atoms. The summed E-state index contributed by atoms with van der Waals surface area (Å²) in [5.74, 6) is 0.439. The predicted octanol–water partition coefficient (Wildman–Crippen LogP) is 1.06. The molecule has 3 N–H and O–H groups in total. The van der Waals surface area contributed by atoms with Gasteiger partial charge in [-0.05, 0) is 18.6 Å². The molecular weight excluding hydrogens is 274 g/mol. The van der Waals surface area contributed by atoms with Gasteiger partial charge in [-0.3, -0.25) is 9.20 Å². The fraction of sp³-hybridized carbons (Fsp3) is 0.462. The Morgan fingerprint density at radius 3 is 2.95 bits per heavy atom. The van der Waals surface area contributed by atoms with Gasteiger partial charge in [0.15, 0.2) is 10.8 Å². The zero-order chi connectivity index (χ0) is 14.5. The maximum Gasteiger partial charge on any atom is 0.234 e. The average molecular weight is 293 g/mol. The fourth-order valence-corrected chi connectivity index (χ4v) is 2.82. The maximum atomic E-state index is 11.4. The second-order valence-electron chi connectivity index (χ2n) is 4.82. The summed E-state index contributed by atoms with van der Waals surface area (Å²) in [5.41, 5.74) is 6.21. The Balaban J connectivity index is 1.93. The van der Waals surface area contributed by atoms with E-state index in [0.717, 1.165) is 16.6 Å². The van der Waals surface area contributed by atoms with E-state index in [0.29, 0.717) is 6.42 Å². The molecule has 0 aromatic carbocycles. The molecule has 6 nitrogen and oxygen atoms in total. The largest absolute Gasteiger partial charge is 0.368 e. The predicted molar refractivity (Wildman–Crippen MR) is 79.6 cm³/mol. The Morgan fingerprint density at radius 1 is 1.45 bits per heavy atom. The van der Waals surface area contributed by atoms with Crippen LogP contribution in [0.15, 0.2) is 29.6 Å². The summed E-state index contributed by atoms with van der Waals surface area (Å²) < 4.78 is 1.93. The molecule has 2 heterocycles. The van der Waals surface area contributed by atoms with Gasteiger partial charge in [0.2, 0.25) is 5.91 Å². The van der Waals surface area contributed by atoms with Crippen LogP contribution in [0.1, 0.15) is 20.3 Å². The first-order chi connectivity index (χ1) is 9.58.